The number of hydrogen-bond donors (Lipinski definition) is 2. The van der Waals surface area contributed by atoms with Crippen molar-refractivity contribution in [2.24, 2.45) is 0 Å². The summed E-state index contributed by atoms with van der Waals surface area (Å²) < 4.78 is 15.0. The molecule has 196 valence electrons. The molecule has 5 aromatic rings. The number of rotatable bonds is 7. The molecule has 1 amide bonds. The van der Waals surface area contributed by atoms with Crippen molar-refractivity contribution in [2.45, 2.75) is 36.9 Å². The third-order valence-corrected chi connectivity index (χ3v) is 8.04. The largest absolute Gasteiger partial charge is 0.360 e. The highest BCUT2D eigenvalue weighted by Gasteiger charge is 2.21. The van der Waals surface area contributed by atoms with Gasteiger partial charge in [-0.25, -0.2) is 9.37 Å². The van der Waals surface area contributed by atoms with Crippen molar-refractivity contribution in [1.82, 2.24) is 19.9 Å². The first kappa shape index (κ1) is 25.1. The summed E-state index contributed by atoms with van der Waals surface area (Å²) in [6, 6.07) is 18.1. The van der Waals surface area contributed by atoms with E-state index in [9.17, 15) is 18.8 Å². The monoisotopic (exact) mass is 540 g/mol. The number of carbonyl (C=O) groups excluding carboxylic acids is 2. The second kappa shape index (κ2) is 10.5. The van der Waals surface area contributed by atoms with Gasteiger partial charge in [-0.1, -0.05) is 42.8 Å². The average molecular weight is 541 g/mol. The summed E-state index contributed by atoms with van der Waals surface area (Å²) >= 11 is 1.12. The summed E-state index contributed by atoms with van der Waals surface area (Å²) in [5, 5.41) is 4.49. The highest BCUT2D eigenvalue weighted by molar-refractivity contribution is 7.99. The number of aromatic amines is 1. The molecule has 1 aliphatic rings. The molecule has 6 rings (SSSR count). The van der Waals surface area contributed by atoms with Crippen LogP contribution in [0.1, 0.15) is 46.4 Å². The molecular formula is C30H25FN4O3S. The average Bonchev–Trinajstić information content (AvgIpc) is 3.62. The maximum Gasteiger partial charge on any atom is 0.266 e. The van der Waals surface area contributed by atoms with Crippen LogP contribution in [-0.4, -0.2) is 38.0 Å². The van der Waals surface area contributed by atoms with Crippen molar-refractivity contribution in [3.63, 3.8) is 0 Å². The zero-order chi connectivity index (χ0) is 26.9. The third kappa shape index (κ3) is 4.97. The Morgan fingerprint density at radius 1 is 1.03 bits per heavy atom. The van der Waals surface area contributed by atoms with Gasteiger partial charge in [-0.3, -0.25) is 19.0 Å². The number of H-pyrrole nitrogens is 1. The number of para-hydroxylation sites is 1. The number of benzene rings is 3. The van der Waals surface area contributed by atoms with Gasteiger partial charge in [0, 0.05) is 34.3 Å². The number of nitrogens with zero attached hydrogens (tertiary/aromatic N) is 2. The molecule has 1 saturated carbocycles. The van der Waals surface area contributed by atoms with Crippen molar-refractivity contribution in [3.05, 3.63) is 100 Å². The van der Waals surface area contributed by atoms with Crippen molar-refractivity contribution < 1.29 is 14.0 Å². The Hall–Kier alpha value is -4.24. The van der Waals surface area contributed by atoms with Gasteiger partial charge >= 0.3 is 0 Å². The summed E-state index contributed by atoms with van der Waals surface area (Å²) in [7, 11) is 0. The first-order chi connectivity index (χ1) is 19.0. The standard InChI is InChI=1S/C30H25FN4O3S/c31-19-10-12-21(13-11-19)35-29(38)23-14-9-18(28(37)33-20-5-1-2-6-20)15-26(23)34-30(35)39-17-27(36)24-16-32-25-8-4-3-7-22(24)25/h3-4,7-16,20,32H,1-2,5-6,17H2,(H,33,37). The van der Waals surface area contributed by atoms with Crippen LogP contribution in [0.5, 0.6) is 0 Å². The highest BCUT2D eigenvalue weighted by atomic mass is 32.2. The number of fused-ring (bicyclic) bond motifs is 2. The fourth-order valence-corrected chi connectivity index (χ4v) is 5.97. The molecule has 7 nitrogen and oxygen atoms in total. The van der Waals surface area contributed by atoms with Gasteiger partial charge < -0.3 is 10.3 Å². The van der Waals surface area contributed by atoms with E-state index in [1.54, 1.807) is 24.4 Å². The van der Waals surface area contributed by atoms with Crippen molar-refractivity contribution >= 4 is 45.3 Å². The smallest absolute Gasteiger partial charge is 0.266 e. The maximum absolute atomic E-state index is 13.7. The van der Waals surface area contributed by atoms with Crippen LogP contribution in [0.25, 0.3) is 27.5 Å². The zero-order valence-electron chi connectivity index (χ0n) is 20.9. The van der Waals surface area contributed by atoms with Gasteiger partial charge in [0.05, 0.1) is 22.3 Å². The predicted molar refractivity (Wildman–Crippen MR) is 150 cm³/mol. The maximum atomic E-state index is 13.7. The van der Waals surface area contributed by atoms with Gasteiger partial charge in [0.15, 0.2) is 10.9 Å². The Bertz CT molecular complexity index is 1770. The first-order valence-electron chi connectivity index (χ1n) is 12.8. The molecule has 0 saturated heterocycles. The minimum absolute atomic E-state index is 0.0306. The topological polar surface area (TPSA) is 96.9 Å². The lowest BCUT2D eigenvalue weighted by Gasteiger charge is -2.14. The van der Waals surface area contributed by atoms with E-state index in [0.29, 0.717) is 27.7 Å². The minimum Gasteiger partial charge on any atom is -0.360 e. The fraction of sp³-hybridized carbons (Fsp3) is 0.200. The van der Waals surface area contributed by atoms with E-state index >= 15 is 0 Å². The van der Waals surface area contributed by atoms with Crippen LogP contribution in [0.2, 0.25) is 0 Å². The predicted octanol–water partition coefficient (Wildman–Crippen LogP) is 5.65. The molecule has 2 N–H and O–H groups in total. The SMILES string of the molecule is O=C(NC1CCCC1)c1ccc2c(=O)n(-c3ccc(F)cc3)c(SCC(=O)c3c[nH]c4ccccc34)nc2c1. The van der Waals surface area contributed by atoms with Gasteiger partial charge in [0.2, 0.25) is 0 Å². The number of carbonyl (C=O) groups is 2. The minimum atomic E-state index is -0.429. The number of hydrogen-bond acceptors (Lipinski definition) is 5. The molecule has 3 aromatic carbocycles. The summed E-state index contributed by atoms with van der Waals surface area (Å²) in [4.78, 5) is 47.6. The van der Waals surface area contributed by atoms with Crippen LogP contribution in [0.4, 0.5) is 4.39 Å². The lowest BCUT2D eigenvalue weighted by Crippen LogP contribution is -2.32. The van der Waals surface area contributed by atoms with E-state index in [1.165, 1.54) is 28.8 Å². The van der Waals surface area contributed by atoms with Gasteiger partial charge in [-0.15, -0.1) is 0 Å². The Kier molecular flexibility index (Phi) is 6.74. The number of Topliss-reactive ketones (excluding diaryl/α,β-unsaturated/α-hetero) is 1. The Balaban J connectivity index is 1.37. The fourth-order valence-electron chi connectivity index (χ4n) is 5.07. The lowest BCUT2D eigenvalue weighted by atomic mass is 10.1. The van der Waals surface area contributed by atoms with Crippen molar-refractivity contribution in [2.75, 3.05) is 5.75 Å². The molecule has 9 heteroatoms. The molecule has 1 fully saturated rings. The van der Waals surface area contributed by atoms with Gasteiger partial charge in [-0.05, 0) is 61.4 Å². The normalized spacial score (nSPS) is 13.8. The van der Waals surface area contributed by atoms with Crippen LogP contribution >= 0.6 is 11.8 Å². The van der Waals surface area contributed by atoms with E-state index in [2.05, 4.69) is 10.3 Å². The van der Waals surface area contributed by atoms with Crippen LogP contribution in [0.15, 0.2) is 82.9 Å². The number of ketones is 1. The Morgan fingerprint density at radius 3 is 2.59 bits per heavy atom. The molecule has 0 atom stereocenters. The first-order valence-corrected chi connectivity index (χ1v) is 13.8. The molecule has 0 spiro atoms. The Morgan fingerprint density at radius 2 is 1.79 bits per heavy atom. The second-order valence-electron chi connectivity index (χ2n) is 9.66. The lowest BCUT2D eigenvalue weighted by molar-refractivity contribution is 0.0937. The van der Waals surface area contributed by atoms with Gasteiger partial charge in [0.1, 0.15) is 5.82 Å². The van der Waals surface area contributed by atoms with Crippen molar-refractivity contribution in [3.8, 4) is 5.69 Å². The molecular weight excluding hydrogens is 515 g/mol. The van der Waals surface area contributed by atoms with E-state index in [0.717, 1.165) is 48.3 Å². The highest BCUT2D eigenvalue weighted by Crippen LogP contribution is 2.26. The molecule has 2 heterocycles. The Labute approximate surface area is 227 Å². The van der Waals surface area contributed by atoms with Crippen molar-refractivity contribution in [1.29, 1.82) is 0 Å². The van der Waals surface area contributed by atoms with E-state index in [-0.39, 0.29) is 34.2 Å². The summed E-state index contributed by atoms with van der Waals surface area (Å²) in [6.45, 7) is 0. The quantitative estimate of drug-likeness (QED) is 0.158. The van der Waals surface area contributed by atoms with Crippen LogP contribution in [0, 0.1) is 5.82 Å². The molecule has 2 aromatic heterocycles. The molecule has 0 aliphatic heterocycles. The molecule has 39 heavy (non-hydrogen) atoms. The second-order valence-corrected chi connectivity index (χ2v) is 10.6. The molecule has 0 radical (unpaired) electrons. The number of thioether (sulfide) groups is 1. The van der Waals surface area contributed by atoms with Crippen LogP contribution in [0.3, 0.4) is 0 Å². The summed E-state index contributed by atoms with van der Waals surface area (Å²) in [6.07, 6.45) is 5.82. The molecule has 0 bridgehead atoms. The van der Waals surface area contributed by atoms with Crippen LogP contribution < -0.4 is 10.9 Å². The summed E-state index contributed by atoms with van der Waals surface area (Å²) in [5.74, 6) is -0.718. The molecule has 0 unspecified atom stereocenters. The van der Waals surface area contributed by atoms with E-state index < -0.39 is 5.82 Å². The van der Waals surface area contributed by atoms with Gasteiger partial charge in [-0.2, -0.15) is 0 Å². The number of amides is 1. The molecule has 1 aliphatic carbocycles. The zero-order valence-corrected chi connectivity index (χ0v) is 21.8. The number of halogens is 1. The summed E-state index contributed by atoms with van der Waals surface area (Å²) in [5.41, 5.74) is 2.27. The van der Waals surface area contributed by atoms with E-state index in [1.807, 2.05) is 24.3 Å². The van der Waals surface area contributed by atoms with Crippen LogP contribution in [-0.2, 0) is 0 Å². The van der Waals surface area contributed by atoms with Gasteiger partial charge in [0.25, 0.3) is 11.5 Å². The number of nitrogens with one attached hydrogen (secondary N) is 2. The van der Waals surface area contributed by atoms with E-state index in [4.69, 9.17) is 4.98 Å². The third-order valence-electron chi connectivity index (χ3n) is 7.10. The number of aromatic nitrogens is 3.